The second-order valence-electron chi connectivity index (χ2n) is 3.62. The summed E-state index contributed by atoms with van der Waals surface area (Å²) in [5.41, 5.74) is 1.22. The number of hydrogen-bond acceptors (Lipinski definition) is 2. The summed E-state index contributed by atoms with van der Waals surface area (Å²) >= 11 is 0. The Morgan fingerprint density at radius 3 is 2.87 bits per heavy atom. The molecule has 0 bridgehead atoms. The maximum absolute atomic E-state index is 5.04. The SMILES string of the molecule is [C]1=N[C@@H](c2cccc3ccccc23)CO1. The predicted molar refractivity (Wildman–Crippen MR) is 60.1 cm³/mol. The minimum absolute atomic E-state index is 0.108. The first kappa shape index (κ1) is 8.48. The Hall–Kier alpha value is -1.83. The van der Waals surface area contributed by atoms with Crippen LogP contribution in [0.3, 0.4) is 0 Å². The number of ether oxygens (including phenoxy) is 1. The molecule has 0 N–H and O–H groups in total. The van der Waals surface area contributed by atoms with Gasteiger partial charge in [0.1, 0.15) is 12.6 Å². The molecule has 1 radical (unpaired) electrons. The van der Waals surface area contributed by atoms with Gasteiger partial charge in [-0.15, -0.1) is 0 Å². The largest absolute Gasteiger partial charge is 0.471 e. The van der Waals surface area contributed by atoms with E-state index in [0.717, 1.165) is 0 Å². The van der Waals surface area contributed by atoms with Crippen LogP contribution in [0, 0.1) is 0 Å². The van der Waals surface area contributed by atoms with Gasteiger partial charge in [-0.1, -0.05) is 42.5 Å². The topological polar surface area (TPSA) is 21.6 Å². The summed E-state index contributed by atoms with van der Waals surface area (Å²) < 4.78 is 5.04. The highest BCUT2D eigenvalue weighted by Crippen LogP contribution is 2.28. The molecule has 0 unspecified atom stereocenters. The van der Waals surface area contributed by atoms with Crippen LogP contribution in [0.1, 0.15) is 11.6 Å². The second-order valence-corrected chi connectivity index (χ2v) is 3.62. The minimum atomic E-state index is 0.108. The number of aliphatic imine (C=N–C) groups is 1. The van der Waals surface area contributed by atoms with Gasteiger partial charge in [-0.3, -0.25) is 0 Å². The number of rotatable bonds is 1. The lowest BCUT2D eigenvalue weighted by atomic mass is 10.00. The molecule has 2 nitrogen and oxygen atoms in total. The van der Waals surface area contributed by atoms with Crippen molar-refractivity contribution < 1.29 is 4.74 Å². The quantitative estimate of drug-likeness (QED) is 0.687. The molecule has 0 aromatic heterocycles. The van der Waals surface area contributed by atoms with E-state index in [1.54, 1.807) is 0 Å². The summed E-state index contributed by atoms with van der Waals surface area (Å²) in [7, 11) is 0. The van der Waals surface area contributed by atoms with Crippen molar-refractivity contribution in [1.82, 2.24) is 0 Å². The van der Waals surface area contributed by atoms with Gasteiger partial charge in [0.2, 0.25) is 0 Å². The van der Waals surface area contributed by atoms with Crippen LogP contribution in [-0.4, -0.2) is 13.0 Å². The van der Waals surface area contributed by atoms with Gasteiger partial charge in [0.15, 0.2) is 0 Å². The Labute approximate surface area is 88.2 Å². The third-order valence-corrected chi connectivity index (χ3v) is 2.70. The smallest absolute Gasteiger partial charge is 0.273 e. The van der Waals surface area contributed by atoms with E-state index in [1.807, 2.05) is 6.07 Å². The zero-order chi connectivity index (χ0) is 10.1. The van der Waals surface area contributed by atoms with E-state index in [-0.39, 0.29) is 6.04 Å². The molecule has 1 aliphatic rings. The summed E-state index contributed by atoms with van der Waals surface area (Å²) in [6, 6.07) is 14.7. The van der Waals surface area contributed by atoms with Crippen molar-refractivity contribution in [1.29, 1.82) is 0 Å². The van der Waals surface area contributed by atoms with Crippen molar-refractivity contribution in [2.45, 2.75) is 6.04 Å². The average Bonchev–Trinajstić information content (AvgIpc) is 2.82. The Kier molecular flexibility index (Phi) is 1.91. The molecule has 2 aromatic rings. The zero-order valence-corrected chi connectivity index (χ0v) is 8.18. The van der Waals surface area contributed by atoms with Gasteiger partial charge in [0, 0.05) is 0 Å². The lowest BCUT2D eigenvalue weighted by molar-refractivity contribution is 0.331. The maximum atomic E-state index is 5.04. The molecule has 1 heterocycles. The van der Waals surface area contributed by atoms with Gasteiger partial charge in [-0.25, -0.2) is 4.99 Å². The van der Waals surface area contributed by atoms with Gasteiger partial charge in [-0.2, -0.15) is 0 Å². The van der Waals surface area contributed by atoms with Crippen LogP contribution in [0.5, 0.6) is 0 Å². The first-order chi connectivity index (χ1) is 7.45. The molecule has 15 heavy (non-hydrogen) atoms. The zero-order valence-electron chi connectivity index (χ0n) is 8.18. The van der Waals surface area contributed by atoms with Crippen LogP contribution in [-0.2, 0) is 4.74 Å². The van der Waals surface area contributed by atoms with Gasteiger partial charge < -0.3 is 4.74 Å². The summed E-state index contributed by atoms with van der Waals surface area (Å²) in [5.74, 6) is 0. The fourth-order valence-electron chi connectivity index (χ4n) is 1.95. The summed E-state index contributed by atoms with van der Waals surface area (Å²) in [4.78, 5) is 4.18. The van der Waals surface area contributed by atoms with Crippen molar-refractivity contribution >= 4 is 17.2 Å². The molecule has 0 aliphatic carbocycles. The van der Waals surface area contributed by atoms with Crippen LogP contribution >= 0.6 is 0 Å². The van der Waals surface area contributed by atoms with Gasteiger partial charge >= 0.3 is 0 Å². The van der Waals surface area contributed by atoms with Crippen molar-refractivity contribution in [3.8, 4) is 0 Å². The van der Waals surface area contributed by atoms with Crippen molar-refractivity contribution in [2.75, 3.05) is 6.61 Å². The highest BCUT2D eigenvalue weighted by molar-refractivity contribution is 5.86. The van der Waals surface area contributed by atoms with Crippen LogP contribution in [0.2, 0.25) is 0 Å². The molecule has 0 spiro atoms. The lowest BCUT2D eigenvalue weighted by Crippen LogP contribution is -1.97. The molecule has 0 amide bonds. The molecule has 3 rings (SSSR count). The fourth-order valence-corrected chi connectivity index (χ4v) is 1.95. The van der Waals surface area contributed by atoms with Crippen LogP contribution in [0.15, 0.2) is 47.5 Å². The molecule has 0 saturated carbocycles. The normalized spacial score (nSPS) is 19.3. The predicted octanol–water partition coefficient (Wildman–Crippen LogP) is 2.82. The number of hydrogen-bond donors (Lipinski definition) is 0. The van der Waals surface area contributed by atoms with Crippen LogP contribution in [0.4, 0.5) is 0 Å². The number of benzene rings is 2. The standard InChI is InChI=1S/C13H10NO/c1-2-6-11-10(4-1)5-3-7-12(11)13-8-15-9-14-13/h1-7,13H,8H2/t13-/m1/s1. The van der Waals surface area contributed by atoms with Gasteiger partial charge in [0.05, 0.1) is 0 Å². The van der Waals surface area contributed by atoms with E-state index in [1.165, 1.54) is 16.3 Å². The Balaban J connectivity index is 2.21. The van der Waals surface area contributed by atoms with Crippen LogP contribution < -0.4 is 0 Å². The van der Waals surface area contributed by atoms with Crippen molar-refractivity contribution in [3.63, 3.8) is 0 Å². The Morgan fingerprint density at radius 1 is 1.13 bits per heavy atom. The molecule has 0 fully saturated rings. The monoisotopic (exact) mass is 196 g/mol. The van der Waals surface area contributed by atoms with Crippen LogP contribution in [0.25, 0.3) is 10.8 Å². The number of nitrogens with zero attached hydrogens (tertiary/aromatic N) is 1. The second kappa shape index (κ2) is 3.39. The molecule has 0 saturated heterocycles. The molecule has 1 aliphatic heterocycles. The molecule has 2 heteroatoms. The van der Waals surface area contributed by atoms with E-state index in [2.05, 4.69) is 47.8 Å². The van der Waals surface area contributed by atoms with E-state index in [0.29, 0.717) is 6.61 Å². The summed E-state index contributed by atoms with van der Waals surface area (Å²) in [6.45, 7) is 0.605. The summed E-state index contributed by atoms with van der Waals surface area (Å²) in [5, 5.41) is 2.50. The third-order valence-electron chi connectivity index (χ3n) is 2.70. The molecule has 1 atom stereocenters. The van der Waals surface area contributed by atoms with Crippen molar-refractivity contribution in [3.05, 3.63) is 48.0 Å². The van der Waals surface area contributed by atoms with Crippen molar-refractivity contribution in [2.24, 2.45) is 4.99 Å². The average molecular weight is 196 g/mol. The Bertz CT molecular complexity index is 513. The summed E-state index contributed by atoms with van der Waals surface area (Å²) in [6.07, 6.45) is 2.56. The van der Waals surface area contributed by atoms with Gasteiger partial charge in [0.25, 0.3) is 6.40 Å². The molecule has 73 valence electrons. The fraction of sp³-hybridized carbons (Fsp3) is 0.154. The van der Waals surface area contributed by atoms with E-state index < -0.39 is 0 Å². The highest BCUT2D eigenvalue weighted by atomic mass is 16.5. The molecular formula is C13H10NO. The van der Waals surface area contributed by atoms with E-state index >= 15 is 0 Å². The third kappa shape index (κ3) is 1.38. The minimum Gasteiger partial charge on any atom is -0.471 e. The first-order valence-corrected chi connectivity index (χ1v) is 4.99. The van der Waals surface area contributed by atoms with E-state index in [4.69, 9.17) is 4.74 Å². The number of fused-ring (bicyclic) bond motifs is 1. The molecule has 2 aromatic carbocycles. The highest BCUT2D eigenvalue weighted by Gasteiger charge is 2.16. The van der Waals surface area contributed by atoms with Gasteiger partial charge in [-0.05, 0) is 16.3 Å². The Morgan fingerprint density at radius 2 is 2.00 bits per heavy atom. The first-order valence-electron chi connectivity index (χ1n) is 4.99. The van der Waals surface area contributed by atoms with E-state index in [9.17, 15) is 0 Å². The maximum Gasteiger partial charge on any atom is 0.273 e. The molecular weight excluding hydrogens is 186 g/mol. The lowest BCUT2D eigenvalue weighted by Gasteiger charge is -2.09.